The topological polar surface area (TPSA) is 36.4 Å². The number of rotatable bonds is 3. The van der Waals surface area contributed by atoms with Gasteiger partial charge in [-0.15, -0.1) is 11.3 Å². The van der Waals surface area contributed by atoms with Gasteiger partial charge in [0.15, 0.2) is 0 Å². The third-order valence-corrected chi connectivity index (χ3v) is 4.97. The molecule has 0 unspecified atom stereocenters. The van der Waals surface area contributed by atoms with Gasteiger partial charge in [-0.25, -0.2) is 4.98 Å². The fraction of sp³-hybridized carbons (Fsp3) is 0.375. The van der Waals surface area contributed by atoms with E-state index in [9.17, 15) is 4.79 Å². The highest BCUT2D eigenvalue weighted by Crippen LogP contribution is 2.26. The molecule has 4 nitrogen and oxygen atoms in total. The van der Waals surface area contributed by atoms with Gasteiger partial charge in [-0.3, -0.25) is 4.79 Å². The lowest BCUT2D eigenvalue weighted by atomic mass is 10.2. The van der Waals surface area contributed by atoms with Gasteiger partial charge in [-0.05, 0) is 19.1 Å². The Labute approximate surface area is 139 Å². The predicted molar refractivity (Wildman–Crippen MR) is 90.8 cm³/mol. The summed E-state index contributed by atoms with van der Waals surface area (Å²) >= 11 is 7.82. The predicted octanol–water partition coefficient (Wildman–Crippen LogP) is 3.00. The number of hydrogen-bond acceptors (Lipinski definition) is 4. The fourth-order valence-electron chi connectivity index (χ4n) is 2.66. The van der Waals surface area contributed by atoms with E-state index in [4.69, 9.17) is 11.6 Å². The molecule has 1 aromatic carbocycles. The number of carbonyl (C=O) groups excluding carboxylic acids is 1. The highest BCUT2D eigenvalue weighted by Gasteiger charge is 2.22. The Morgan fingerprint density at radius 1 is 1.27 bits per heavy atom. The number of piperazine rings is 1. The molecule has 1 aliphatic heterocycles. The molecule has 22 heavy (non-hydrogen) atoms. The van der Waals surface area contributed by atoms with Crippen molar-refractivity contribution in [3.8, 4) is 0 Å². The maximum absolute atomic E-state index is 12.3. The summed E-state index contributed by atoms with van der Waals surface area (Å²) in [5.41, 5.74) is 1.92. The number of halogens is 1. The van der Waals surface area contributed by atoms with Crippen molar-refractivity contribution in [2.75, 3.05) is 31.1 Å². The number of para-hydroxylation sites is 1. The summed E-state index contributed by atoms with van der Waals surface area (Å²) in [6.07, 6.45) is 0.399. The molecule has 0 N–H and O–H groups in total. The van der Waals surface area contributed by atoms with Gasteiger partial charge < -0.3 is 9.80 Å². The van der Waals surface area contributed by atoms with E-state index >= 15 is 0 Å². The van der Waals surface area contributed by atoms with Crippen LogP contribution in [0, 0.1) is 6.92 Å². The smallest absolute Gasteiger partial charge is 0.228 e. The van der Waals surface area contributed by atoms with Crippen molar-refractivity contribution < 1.29 is 4.79 Å². The first-order chi connectivity index (χ1) is 10.6. The normalized spacial score (nSPS) is 15.2. The zero-order valence-electron chi connectivity index (χ0n) is 12.5. The number of anilines is 1. The Bertz CT molecular complexity index is 665. The lowest BCUT2D eigenvalue weighted by Gasteiger charge is -2.36. The van der Waals surface area contributed by atoms with Crippen molar-refractivity contribution in [3.05, 3.63) is 45.4 Å². The molecule has 0 radical (unpaired) electrons. The number of nitrogens with zero attached hydrogens (tertiary/aromatic N) is 3. The monoisotopic (exact) mass is 335 g/mol. The van der Waals surface area contributed by atoms with Crippen molar-refractivity contribution in [2.24, 2.45) is 0 Å². The molecule has 2 aromatic rings. The van der Waals surface area contributed by atoms with E-state index in [0.29, 0.717) is 6.42 Å². The minimum atomic E-state index is 0.157. The minimum Gasteiger partial charge on any atom is -0.367 e. The van der Waals surface area contributed by atoms with Crippen molar-refractivity contribution in [3.63, 3.8) is 0 Å². The van der Waals surface area contributed by atoms with E-state index in [0.717, 1.165) is 47.6 Å². The van der Waals surface area contributed by atoms with Crippen molar-refractivity contribution in [1.29, 1.82) is 0 Å². The van der Waals surface area contributed by atoms with Crippen LogP contribution in [0.25, 0.3) is 0 Å². The average Bonchev–Trinajstić information content (AvgIpc) is 2.93. The largest absolute Gasteiger partial charge is 0.367 e. The second-order valence-corrected chi connectivity index (χ2v) is 6.82. The van der Waals surface area contributed by atoms with E-state index < -0.39 is 0 Å². The molecule has 6 heteroatoms. The van der Waals surface area contributed by atoms with E-state index in [1.54, 1.807) is 11.3 Å². The molecule has 1 aromatic heterocycles. The first kappa shape index (κ1) is 15.3. The third kappa shape index (κ3) is 3.42. The van der Waals surface area contributed by atoms with Gasteiger partial charge >= 0.3 is 0 Å². The average molecular weight is 336 g/mol. The molecular formula is C16H18ClN3OS. The van der Waals surface area contributed by atoms with Gasteiger partial charge in [-0.2, -0.15) is 0 Å². The van der Waals surface area contributed by atoms with Crippen LogP contribution in [0.5, 0.6) is 0 Å². The van der Waals surface area contributed by atoms with Crippen LogP contribution in [-0.4, -0.2) is 42.0 Å². The van der Waals surface area contributed by atoms with Gasteiger partial charge in [-0.1, -0.05) is 23.7 Å². The first-order valence-electron chi connectivity index (χ1n) is 7.32. The van der Waals surface area contributed by atoms with Crippen LogP contribution in [0.15, 0.2) is 29.6 Å². The number of aryl methyl sites for hydroxylation is 1. The van der Waals surface area contributed by atoms with Gasteiger partial charge in [0.2, 0.25) is 5.91 Å². The van der Waals surface area contributed by atoms with Gasteiger partial charge in [0, 0.05) is 31.6 Å². The zero-order chi connectivity index (χ0) is 15.5. The molecule has 2 heterocycles. The number of hydrogen-bond donors (Lipinski definition) is 0. The molecule has 1 saturated heterocycles. The number of amides is 1. The van der Waals surface area contributed by atoms with Crippen molar-refractivity contribution in [1.82, 2.24) is 9.88 Å². The summed E-state index contributed by atoms with van der Waals surface area (Å²) in [6, 6.07) is 7.85. The van der Waals surface area contributed by atoms with E-state index in [-0.39, 0.29) is 5.91 Å². The Morgan fingerprint density at radius 3 is 2.64 bits per heavy atom. The first-order valence-corrected chi connectivity index (χ1v) is 8.57. The summed E-state index contributed by atoms with van der Waals surface area (Å²) in [7, 11) is 0. The third-order valence-electron chi connectivity index (χ3n) is 3.82. The highest BCUT2D eigenvalue weighted by molar-refractivity contribution is 7.09. The van der Waals surface area contributed by atoms with E-state index in [1.165, 1.54) is 0 Å². The molecular weight excluding hydrogens is 318 g/mol. The lowest BCUT2D eigenvalue weighted by Crippen LogP contribution is -2.49. The molecule has 1 aliphatic rings. The maximum atomic E-state index is 12.3. The molecule has 0 atom stereocenters. The van der Waals surface area contributed by atoms with Crippen molar-refractivity contribution in [2.45, 2.75) is 13.3 Å². The summed E-state index contributed by atoms with van der Waals surface area (Å²) in [4.78, 5) is 20.8. The second-order valence-electron chi connectivity index (χ2n) is 5.35. The second kappa shape index (κ2) is 6.67. The van der Waals surface area contributed by atoms with E-state index in [2.05, 4.69) is 9.88 Å². The number of carbonyl (C=O) groups is 1. The van der Waals surface area contributed by atoms with E-state index in [1.807, 2.05) is 41.5 Å². The molecule has 1 amide bonds. The van der Waals surface area contributed by atoms with Crippen LogP contribution in [0.2, 0.25) is 5.02 Å². The SMILES string of the molecule is Cc1nc(CC(=O)N2CCN(c3ccccc3Cl)CC2)cs1. The fourth-order valence-corrected chi connectivity index (χ4v) is 3.53. The maximum Gasteiger partial charge on any atom is 0.228 e. The molecule has 0 bridgehead atoms. The summed E-state index contributed by atoms with van der Waals surface area (Å²) in [5, 5.41) is 3.74. The summed E-state index contributed by atoms with van der Waals surface area (Å²) in [6.45, 7) is 5.04. The number of aromatic nitrogens is 1. The molecule has 0 spiro atoms. The summed E-state index contributed by atoms with van der Waals surface area (Å²) in [5.74, 6) is 0.157. The van der Waals surface area contributed by atoms with Crippen LogP contribution in [0.1, 0.15) is 10.7 Å². The van der Waals surface area contributed by atoms with Crippen LogP contribution < -0.4 is 4.90 Å². The van der Waals surface area contributed by atoms with Gasteiger partial charge in [0.25, 0.3) is 0 Å². The molecule has 0 saturated carbocycles. The Balaban J connectivity index is 1.57. The van der Waals surface area contributed by atoms with Crippen molar-refractivity contribution >= 4 is 34.5 Å². The van der Waals surface area contributed by atoms with Crippen LogP contribution in [0.3, 0.4) is 0 Å². The Morgan fingerprint density at radius 2 is 2.00 bits per heavy atom. The van der Waals surface area contributed by atoms with Gasteiger partial charge in [0.1, 0.15) is 0 Å². The molecule has 1 fully saturated rings. The van der Waals surface area contributed by atoms with Gasteiger partial charge in [0.05, 0.1) is 27.8 Å². The van der Waals surface area contributed by atoms with Crippen LogP contribution >= 0.6 is 22.9 Å². The summed E-state index contributed by atoms with van der Waals surface area (Å²) < 4.78 is 0. The standard InChI is InChI=1S/C16H18ClN3OS/c1-12-18-13(11-22-12)10-16(21)20-8-6-19(7-9-20)15-5-3-2-4-14(15)17/h2-5,11H,6-10H2,1H3. The molecule has 116 valence electrons. The van der Waals surface area contributed by atoms with Crippen LogP contribution in [0.4, 0.5) is 5.69 Å². The molecule has 3 rings (SSSR count). The Kier molecular flexibility index (Phi) is 4.64. The zero-order valence-corrected chi connectivity index (χ0v) is 14.0. The quantitative estimate of drug-likeness (QED) is 0.865. The minimum absolute atomic E-state index is 0.157. The Hall–Kier alpha value is -1.59. The number of benzene rings is 1. The van der Waals surface area contributed by atoms with Crippen LogP contribution in [-0.2, 0) is 11.2 Å². The number of thiazole rings is 1. The molecule has 0 aliphatic carbocycles. The lowest BCUT2D eigenvalue weighted by molar-refractivity contribution is -0.130. The highest BCUT2D eigenvalue weighted by atomic mass is 35.5.